The summed E-state index contributed by atoms with van der Waals surface area (Å²) < 4.78 is 0. The highest BCUT2D eigenvalue weighted by Crippen LogP contribution is 2.02. The van der Waals surface area contributed by atoms with Crippen molar-refractivity contribution in [3.8, 4) is 0 Å². The Labute approximate surface area is 111 Å². The first-order valence-corrected chi connectivity index (χ1v) is 5.80. The fourth-order valence-corrected chi connectivity index (χ4v) is 1.44. The van der Waals surface area contributed by atoms with Crippen LogP contribution in [0.5, 0.6) is 0 Å². The van der Waals surface area contributed by atoms with Gasteiger partial charge in [-0.2, -0.15) is 0 Å². The lowest BCUT2D eigenvalue weighted by Crippen LogP contribution is -2.06. The van der Waals surface area contributed by atoms with Gasteiger partial charge in [0.25, 0.3) is 0 Å². The van der Waals surface area contributed by atoms with Crippen LogP contribution in [-0.4, -0.2) is 27.9 Å². The zero-order valence-electron chi connectivity index (χ0n) is 10.5. The van der Waals surface area contributed by atoms with E-state index in [-0.39, 0.29) is 5.84 Å². The Morgan fingerprint density at radius 2 is 1.68 bits per heavy atom. The number of hydrogen-bond donors (Lipinski definition) is 1. The Hall–Kier alpha value is -2.69. The van der Waals surface area contributed by atoms with Crippen LogP contribution in [-0.2, 0) is 0 Å². The van der Waals surface area contributed by atoms with E-state index < -0.39 is 0 Å². The predicted molar refractivity (Wildman–Crippen MR) is 76.0 cm³/mol. The first-order chi connectivity index (χ1) is 9.31. The van der Waals surface area contributed by atoms with Crippen LogP contribution < -0.4 is 0 Å². The molecule has 5 nitrogen and oxygen atoms in total. The number of pyridine rings is 2. The van der Waals surface area contributed by atoms with Crippen LogP contribution in [0.4, 0.5) is 0 Å². The molecule has 0 aliphatic heterocycles. The Balaban J connectivity index is 2.35. The van der Waals surface area contributed by atoms with E-state index in [0.29, 0.717) is 17.2 Å². The van der Waals surface area contributed by atoms with Crippen molar-refractivity contribution >= 4 is 17.9 Å². The summed E-state index contributed by atoms with van der Waals surface area (Å²) in [7, 11) is 0. The van der Waals surface area contributed by atoms with E-state index in [0.717, 1.165) is 0 Å². The van der Waals surface area contributed by atoms with E-state index in [1.807, 2.05) is 18.2 Å². The zero-order valence-corrected chi connectivity index (χ0v) is 10.5. The molecule has 0 atom stereocenters. The van der Waals surface area contributed by atoms with Crippen LogP contribution >= 0.6 is 0 Å². The maximum Gasteiger partial charge on any atom is 0.179 e. The van der Waals surface area contributed by atoms with Gasteiger partial charge < -0.3 is 0 Å². The van der Waals surface area contributed by atoms with E-state index in [2.05, 4.69) is 20.0 Å². The van der Waals surface area contributed by atoms with Crippen molar-refractivity contribution < 1.29 is 0 Å². The standard InChI is InChI=1S/C14H13N5/c1-2-16-14(12-8-4-6-10-18-12)19-13(15)11-7-3-5-9-17-11/h2-10,15H,1H3. The van der Waals surface area contributed by atoms with E-state index in [4.69, 9.17) is 5.41 Å². The van der Waals surface area contributed by atoms with Gasteiger partial charge >= 0.3 is 0 Å². The van der Waals surface area contributed by atoms with Gasteiger partial charge in [-0.25, -0.2) is 9.98 Å². The molecule has 19 heavy (non-hydrogen) atoms. The quantitative estimate of drug-likeness (QED) is 0.657. The molecule has 0 bridgehead atoms. The minimum absolute atomic E-state index is 0.0619. The number of aromatic nitrogens is 2. The smallest absolute Gasteiger partial charge is 0.179 e. The number of hydrogen-bond acceptors (Lipinski definition) is 3. The van der Waals surface area contributed by atoms with E-state index in [9.17, 15) is 0 Å². The molecule has 0 unspecified atom stereocenters. The second-order valence-electron chi connectivity index (χ2n) is 3.60. The molecular formula is C14H13N5. The first kappa shape index (κ1) is 12.8. The van der Waals surface area contributed by atoms with Crippen molar-refractivity contribution in [3.05, 3.63) is 60.2 Å². The van der Waals surface area contributed by atoms with Crippen LogP contribution in [0.15, 0.2) is 58.8 Å². The summed E-state index contributed by atoms with van der Waals surface area (Å²) >= 11 is 0. The SMILES string of the molecule is CC=NC(=NC(=N)c1ccccn1)c1ccccn1. The molecule has 2 rings (SSSR count). The van der Waals surface area contributed by atoms with Gasteiger partial charge in [-0.1, -0.05) is 12.1 Å². The summed E-state index contributed by atoms with van der Waals surface area (Å²) in [6.45, 7) is 1.79. The van der Waals surface area contributed by atoms with Crippen molar-refractivity contribution in [2.75, 3.05) is 0 Å². The van der Waals surface area contributed by atoms with Crippen LogP contribution in [0.1, 0.15) is 18.3 Å². The molecule has 0 fully saturated rings. The van der Waals surface area contributed by atoms with Gasteiger partial charge in [0.15, 0.2) is 11.7 Å². The van der Waals surface area contributed by atoms with Crippen LogP contribution in [0.2, 0.25) is 0 Å². The maximum atomic E-state index is 7.94. The van der Waals surface area contributed by atoms with Crippen LogP contribution in [0.25, 0.3) is 0 Å². The topological polar surface area (TPSA) is 74.3 Å². The molecule has 0 amide bonds. The summed E-state index contributed by atoms with van der Waals surface area (Å²) in [5.41, 5.74) is 1.13. The highest BCUT2D eigenvalue weighted by atomic mass is 15.0. The molecule has 0 radical (unpaired) electrons. The Kier molecular flexibility index (Phi) is 4.23. The number of nitrogens with one attached hydrogen (secondary N) is 1. The molecule has 2 aromatic heterocycles. The minimum Gasteiger partial charge on any atom is -0.281 e. The molecule has 0 saturated heterocycles. The summed E-state index contributed by atoms with van der Waals surface area (Å²) in [5, 5.41) is 7.94. The molecule has 5 heteroatoms. The average molecular weight is 251 g/mol. The second kappa shape index (κ2) is 6.30. The third-order valence-corrected chi connectivity index (χ3v) is 2.27. The molecule has 1 N–H and O–H groups in total. The van der Waals surface area contributed by atoms with Crippen LogP contribution in [0, 0.1) is 5.41 Å². The van der Waals surface area contributed by atoms with Gasteiger partial charge in [0.05, 0.1) is 0 Å². The van der Waals surface area contributed by atoms with Gasteiger partial charge in [0.1, 0.15) is 11.4 Å². The summed E-state index contributed by atoms with van der Waals surface area (Å²) in [4.78, 5) is 16.6. The highest BCUT2D eigenvalue weighted by Gasteiger charge is 2.06. The molecule has 0 saturated carbocycles. The van der Waals surface area contributed by atoms with Gasteiger partial charge in [-0.05, 0) is 31.2 Å². The molecule has 94 valence electrons. The molecule has 0 aliphatic carbocycles. The van der Waals surface area contributed by atoms with Crippen molar-refractivity contribution in [2.45, 2.75) is 6.92 Å². The molecule has 0 aliphatic rings. The molecule has 0 aromatic carbocycles. The number of nitrogens with zero attached hydrogens (tertiary/aromatic N) is 4. The predicted octanol–water partition coefficient (Wildman–Crippen LogP) is 2.34. The highest BCUT2D eigenvalue weighted by molar-refractivity contribution is 6.10. The van der Waals surface area contributed by atoms with Crippen molar-refractivity contribution in [1.29, 1.82) is 5.41 Å². The minimum atomic E-state index is 0.0619. The number of rotatable bonds is 2. The third kappa shape index (κ3) is 3.38. The summed E-state index contributed by atoms with van der Waals surface area (Å²) in [6.07, 6.45) is 4.92. The molecule has 2 heterocycles. The Bertz CT molecular complexity index is 602. The lowest BCUT2D eigenvalue weighted by atomic mass is 10.3. The Morgan fingerprint density at radius 1 is 1.05 bits per heavy atom. The van der Waals surface area contributed by atoms with Crippen molar-refractivity contribution in [1.82, 2.24) is 9.97 Å². The molecule has 0 spiro atoms. The third-order valence-electron chi connectivity index (χ3n) is 2.27. The molecule has 2 aromatic rings. The lowest BCUT2D eigenvalue weighted by Gasteiger charge is -2.01. The lowest BCUT2D eigenvalue weighted by molar-refractivity contribution is 1.24. The van der Waals surface area contributed by atoms with Crippen molar-refractivity contribution in [2.24, 2.45) is 9.98 Å². The normalized spacial score (nSPS) is 11.7. The largest absolute Gasteiger partial charge is 0.281 e. The summed E-state index contributed by atoms with van der Waals surface area (Å²) in [6, 6.07) is 10.8. The Morgan fingerprint density at radius 3 is 2.21 bits per heavy atom. The van der Waals surface area contributed by atoms with E-state index in [1.54, 1.807) is 43.7 Å². The van der Waals surface area contributed by atoms with E-state index >= 15 is 0 Å². The molecular weight excluding hydrogens is 238 g/mol. The second-order valence-corrected chi connectivity index (χ2v) is 3.60. The number of aliphatic imine (C=N–C) groups is 2. The van der Waals surface area contributed by atoms with E-state index in [1.165, 1.54) is 0 Å². The fourth-order valence-electron chi connectivity index (χ4n) is 1.44. The zero-order chi connectivity index (χ0) is 13.5. The van der Waals surface area contributed by atoms with Crippen LogP contribution in [0.3, 0.4) is 0 Å². The summed E-state index contributed by atoms with van der Waals surface area (Å²) in [5.74, 6) is 0.464. The average Bonchev–Trinajstić information content (AvgIpc) is 2.48. The fraction of sp³-hybridized carbons (Fsp3) is 0.0714. The number of amidine groups is 2. The van der Waals surface area contributed by atoms with Gasteiger partial charge in [-0.15, -0.1) is 0 Å². The first-order valence-electron chi connectivity index (χ1n) is 5.80. The monoisotopic (exact) mass is 251 g/mol. The maximum absolute atomic E-state index is 7.94. The van der Waals surface area contributed by atoms with Gasteiger partial charge in [0, 0.05) is 18.6 Å². The van der Waals surface area contributed by atoms with Crippen molar-refractivity contribution in [3.63, 3.8) is 0 Å². The van der Waals surface area contributed by atoms with Gasteiger partial charge in [-0.3, -0.25) is 15.4 Å². The van der Waals surface area contributed by atoms with Gasteiger partial charge in [0.2, 0.25) is 0 Å².